The van der Waals surface area contributed by atoms with Crippen LogP contribution >= 0.6 is 15.9 Å². The van der Waals surface area contributed by atoms with Crippen LogP contribution in [0.15, 0.2) is 82.4 Å². The number of nitrogens with zero attached hydrogens (tertiary/aromatic N) is 1. The molecule has 3 aromatic carbocycles. The predicted octanol–water partition coefficient (Wildman–Crippen LogP) is 4.10. The van der Waals surface area contributed by atoms with E-state index in [1.807, 2.05) is 31.2 Å². The number of aryl methyl sites for hydroxylation is 1. The summed E-state index contributed by atoms with van der Waals surface area (Å²) in [5.41, 5.74) is 5.04. The number of halogens is 1. The van der Waals surface area contributed by atoms with Gasteiger partial charge in [0, 0.05) is 10.2 Å². The van der Waals surface area contributed by atoms with Crippen LogP contribution in [0, 0.1) is 6.92 Å². The Morgan fingerprint density at radius 2 is 1.61 bits per heavy atom. The Morgan fingerprint density at radius 1 is 0.871 bits per heavy atom. The highest BCUT2D eigenvalue weighted by Gasteiger charge is 2.17. The molecule has 7 nitrogen and oxygen atoms in total. The first-order valence-electron chi connectivity index (χ1n) is 9.29. The molecule has 0 aromatic heterocycles. The van der Waals surface area contributed by atoms with Gasteiger partial charge in [-0.15, -0.1) is 0 Å². The van der Waals surface area contributed by atoms with Crippen molar-refractivity contribution in [2.75, 3.05) is 10.6 Å². The third kappa shape index (κ3) is 6.35. The van der Waals surface area contributed by atoms with Crippen molar-refractivity contribution >= 4 is 51.2 Å². The van der Waals surface area contributed by atoms with E-state index in [1.54, 1.807) is 48.5 Å². The quantitative estimate of drug-likeness (QED) is 0.292. The van der Waals surface area contributed by atoms with Crippen LogP contribution in [0.3, 0.4) is 0 Å². The molecule has 8 heteroatoms. The Morgan fingerprint density at radius 3 is 2.35 bits per heavy atom. The van der Waals surface area contributed by atoms with Gasteiger partial charge in [0.1, 0.15) is 0 Å². The smallest absolute Gasteiger partial charge is 0.322 e. The van der Waals surface area contributed by atoms with Gasteiger partial charge < -0.3 is 10.6 Å². The number of anilines is 2. The minimum Gasteiger partial charge on any atom is -0.322 e. The number of para-hydroxylation sites is 1. The normalized spacial score (nSPS) is 10.5. The first kappa shape index (κ1) is 21.9. The Hall–Kier alpha value is -3.78. The van der Waals surface area contributed by atoms with Gasteiger partial charge in [0.15, 0.2) is 0 Å². The Balaban J connectivity index is 1.63. The van der Waals surface area contributed by atoms with Crippen molar-refractivity contribution in [1.29, 1.82) is 0 Å². The van der Waals surface area contributed by atoms with Crippen molar-refractivity contribution in [3.8, 4) is 0 Å². The van der Waals surface area contributed by atoms with Crippen LogP contribution in [0.4, 0.5) is 11.4 Å². The van der Waals surface area contributed by atoms with Crippen molar-refractivity contribution in [2.24, 2.45) is 5.10 Å². The van der Waals surface area contributed by atoms with E-state index in [2.05, 4.69) is 37.1 Å². The largest absolute Gasteiger partial charge is 0.329 e. The number of hydrogen-bond donors (Lipinski definition) is 3. The van der Waals surface area contributed by atoms with Gasteiger partial charge in [-0.2, -0.15) is 5.10 Å². The molecule has 0 atom stereocenters. The zero-order valence-corrected chi connectivity index (χ0v) is 18.1. The third-order valence-electron chi connectivity index (χ3n) is 4.16. The molecule has 3 rings (SSSR count). The molecule has 0 saturated heterocycles. The standard InChI is InChI=1S/C23H19BrN4O3/c1-15-9-11-18(12-10-15)26-21(29)19-7-2-3-8-20(19)27-22(30)23(31)28-25-14-16-5-4-6-17(24)13-16/h2-14H,1H3,(H,26,29)(H,27,30)(H,28,31)/b25-14+. The van der Waals surface area contributed by atoms with Crippen LogP contribution in [-0.2, 0) is 9.59 Å². The molecule has 0 unspecified atom stereocenters. The molecular weight excluding hydrogens is 460 g/mol. The summed E-state index contributed by atoms with van der Waals surface area (Å²) in [5.74, 6) is -2.31. The molecule has 156 valence electrons. The van der Waals surface area contributed by atoms with E-state index in [-0.39, 0.29) is 11.3 Å². The first-order chi connectivity index (χ1) is 14.9. The lowest BCUT2D eigenvalue weighted by atomic mass is 10.1. The Labute approximate surface area is 187 Å². The van der Waals surface area contributed by atoms with Crippen molar-refractivity contribution in [3.05, 3.63) is 94.0 Å². The molecule has 0 spiro atoms. The van der Waals surface area contributed by atoms with E-state index in [9.17, 15) is 14.4 Å². The minimum absolute atomic E-state index is 0.211. The molecule has 0 fully saturated rings. The van der Waals surface area contributed by atoms with Gasteiger partial charge in [-0.1, -0.05) is 57.9 Å². The monoisotopic (exact) mass is 478 g/mol. The molecule has 0 heterocycles. The zero-order valence-electron chi connectivity index (χ0n) is 16.6. The number of carbonyl (C=O) groups excluding carboxylic acids is 3. The van der Waals surface area contributed by atoms with E-state index < -0.39 is 17.7 Å². The molecule has 31 heavy (non-hydrogen) atoms. The highest BCUT2D eigenvalue weighted by molar-refractivity contribution is 9.10. The van der Waals surface area contributed by atoms with Gasteiger partial charge in [-0.3, -0.25) is 14.4 Å². The second-order valence-electron chi connectivity index (χ2n) is 6.57. The fraction of sp³-hybridized carbons (Fsp3) is 0.0435. The van der Waals surface area contributed by atoms with Crippen LogP contribution < -0.4 is 16.1 Å². The maximum Gasteiger partial charge on any atom is 0.329 e. The number of hydrazone groups is 1. The van der Waals surface area contributed by atoms with E-state index in [0.29, 0.717) is 5.69 Å². The zero-order chi connectivity index (χ0) is 22.2. The Bertz CT molecular complexity index is 1140. The van der Waals surface area contributed by atoms with E-state index in [4.69, 9.17) is 0 Å². The molecule has 0 aliphatic rings. The average molecular weight is 479 g/mol. The fourth-order valence-electron chi connectivity index (χ4n) is 2.61. The maximum atomic E-state index is 12.6. The van der Waals surface area contributed by atoms with Crippen LogP contribution in [-0.4, -0.2) is 23.9 Å². The summed E-state index contributed by atoms with van der Waals surface area (Å²) in [6.45, 7) is 1.95. The highest BCUT2D eigenvalue weighted by Crippen LogP contribution is 2.18. The molecule has 0 aliphatic heterocycles. The average Bonchev–Trinajstić information content (AvgIpc) is 2.75. The lowest BCUT2D eigenvalue weighted by Gasteiger charge is -2.11. The molecule has 3 N–H and O–H groups in total. The second-order valence-corrected chi connectivity index (χ2v) is 7.49. The molecule has 0 saturated carbocycles. The van der Waals surface area contributed by atoms with Crippen molar-refractivity contribution < 1.29 is 14.4 Å². The lowest BCUT2D eigenvalue weighted by molar-refractivity contribution is -0.136. The van der Waals surface area contributed by atoms with Gasteiger partial charge in [-0.25, -0.2) is 5.43 Å². The number of carbonyl (C=O) groups is 3. The van der Waals surface area contributed by atoms with Crippen molar-refractivity contribution in [1.82, 2.24) is 5.43 Å². The number of benzene rings is 3. The second kappa shape index (κ2) is 10.3. The van der Waals surface area contributed by atoms with Gasteiger partial charge in [0.05, 0.1) is 17.5 Å². The van der Waals surface area contributed by atoms with E-state index in [1.165, 1.54) is 6.21 Å². The van der Waals surface area contributed by atoms with Crippen LogP contribution in [0.2, 0.25) is 0 Å². The van der Waals surface area contributed by atoms with Gasteiger partial charge in [0.25, 0.3) is 5.91 Å². The summed E-state index contributed by atoms with van der Waals surface area (Å²) in [4.78, 5) is 36.9. The number of amides is 3. The van der Waals surface area contributed by atoms with Crippen molar-refractivity contribution in [2.45, 2.75) is 6.92 Å². The molecule has 3 amide bonds. The van der Waals surface area contributed by atoms with E-state index in [0.717, 1.165) is 15.6 Å². The van der Waals surface area contributed by atoms with Gasteiger partial charge in [-0.05, 0) is 48.9 Å². The summed E-state index contributed by atoms with van der Waals surface area (Å²) in [6.07, 6.45) is 1.42. The Kier molecular flexibility index (Phi) is 7.29. The summed E-state index contributed by atoms with van der Waals surface area (Å²) in [7, 11) is 0. The molecule has 3 aromatic rings. The fourth-order valence-corrected chi connectivity index (χ4v) is 3.02. The predicted molar refractivity (Wildman–Crippen MR) is 124 cm³/mol. The molecule has 0 bridgehead atoms. The number of nitrogens with one attached hydrogen (secondary N) is 3. The molecular formula is C23H19BrN4O3. The minimum atomic E-state index is -0.958. The van der Waals surface area contributed by atoms with Crippen molar-refractivity contribution in [3.63, 3.8) is 0 Å². The van der Waals surface area contributed by atoms with Crippen LogP contribution in [0.5, 0.6) is 0 Å². The summed E-state index contributed by atoms with van der Waals surface area (Å²) in [5, 5.41) is 9.00. The SMILES string of the molecule is Cc1ccc(NC(=O)c2ccccc2NC(=O)C(=O)N/N=C/c2cccc(Br)c2)cc1. The number of hydrogen-bond acceptors (Lipinski definition) is 4. The summed E-state index contributed by atoms with van der Waals surface area (Å²) >= 11 is 3.34. The van der Waals surface area contributed by atoms with Crippen LogP contribution in [0.25, 0.3) is 0 Å². The summed E-state index contributed by atoms with van der Waals surface area (Å²) < 4.78 is 0.862. The van der Waals surface area contributed by atoms with Gasteiger partial charge >= 0.3 is 11.8 Å². The number of rotatable bonds is 5. The lowest BCUT2D eigenvalue weighted by Crippen LogP contribution is -2.33. The highest BCUT2D eigenvalue weighted by atomic mass is 79.9. The first-order valence-corrected chi connectivity index (χ1v) is 10.1. The van der Waals surface area contributed by atoms with E-state index >= 15 is 0 Å². The third-order valence-corrected chi connectivity index (χ3v) is 4.66. The maximum absolute atomic E-state index is 12.6. The molecule has 0 radical (unpaired) electrons. The summed E-state index contributed by atoms with van der Waals surface area (Å²) in [6, 6.07) is 21.0. The van der Waals surface area contributed by atoms with Crippen LogP contribution in [0.1, 0.15) is 21.5 Å². The topological polar surface area (TPSA) is 99.7 Å². The molecule has 0 aliphatic carbocycles. The van der Waals surface area contributed by atoms with Gasteiger partial charge in [0.2, 0.25) is 0 Å².